The van der Waals surface area contributed by atoms with Crippen LogP contribution in [0.1, 0.15) is 6.92 Å². The minimum absolute atomic E-state index is 0.0825. The predicted octanol–water partition coefficient (Wildman–Crippen LogP) is 1.66. The smallest absolute Gasteiger partial charge is 0.149 e. The molecule has 1 atom stereocenters. The van der Waals surface area contributed by atoms with Crippen LogP contribution >= 0.6 is 0 Å². The summed E-state index contributed by atoms with van der Waals surface area (Å²) < 4.78 is 22.6. The summed E-state index contributed by atoms with van der Waals surface area (Å²) >= 11 is 0. The van der Waals surface area contributed by atoms with Gasteiger partial charge in [-0.3, -0.25) is 4.98 Å². The summed E-state index contributed by atoms with van der Waals surface area (Å²) in [5.74, 6) is 0.0825. The Bertz CT molecular complexity index is 698. The second-order valence-corrected chi connectivity index (χ2v) is 6.92. The number of anilines is 2. The molecule has 5 nitrogen and oxygen atoms in total. The van der Waals surface area contributed by atoms with E-state index >= 15 is 0 Å². The normalized spacial score (nSPS) is 13.4. The number of hydrogen-bond donors (Lipinski definition) is 2. The van der Waals surface area contributed by atoms with Crippen LogP contribution in [0.25, 0.3) is 10.9 Å². The number of nitrogens with zero attached hydrogens (tertiary/aromatic N) is 1. The molecule has 0 radical (unpaired) electrons. The van der Waals surface area contributed by atoms with E-state index in [1.165, 1.54) is 6.26 Å². The van der Waals surface area contributed by atoms with Gasteiger partial charge in [-0.15, -0.1) is 0 Å². The summed E-state index contributed by atoms with van der Waals surface area (Å²) in [4.78, 5) is 4.24. The van der Waals surface area contributed by atoms with Gasteiger partial charge in [0.05, 0.1) is 17.0 Å². The lowest BCUT2D eigenvalue weighted by molar-refractivity contribution is 0.598. The molecular formula is C13H17N3O2S. The van der Waals surface area contributed by atoms with Gasteiger partial charge in [0, 0.05) is 29.6 Å². The highest BCUT2D eigenvalue weighted by atomic mass is 32.2. The van der Waals surface area contributed by atoms with Crippen molar-refractivity contribution in [2.45, 2.75) is 13.0 Å². The van der Waals surface area contributed by atoms with Crippen LogP contribution in [0.5, 0.6) is 0 Å². The molecule has 0 spiro atoms. The first-order valence-electron chi connectivity index (χ1n) is 5.94. The van der Waals surface area contributed by atoms with Crippen molar-refractivity contribution in [3.05, 3.63) is 30.5 Å². The molecule has 0 bridgehead atoms. The van der Waals surface area contributed by atoms with E-state index in [-0.39, 0.29) is 11.8 Å². The van der Waals surface area contributed by atoms with Gasteiger partial charge in [0.2, 0.25) is 0 Å². The zero-order chi connectivity index (χ0) is 14.0. The second kappa shape index (κ2) is 5.05. The molecule has 0 saturated heterocycles. The zero-order valence-corrected chi connectivity index (χ0v) is 11.7. The van der Waals surface area contributed by atoms with Gasteiger partial charge in [0.1, 0.15) is 9.84 Å². The highest BCUT2D eigenvalue weighted by molar-refractivity contribution is 7.90. The van der Waals surface area contributed by atoms with Crippen molar-refractivity contribution in [2.75, 3.05) is 23.1 Å². The van der Waals surface area contributed by atoms with Crippen LogP contribution in [-0.4, -0.2) is 31.5 Å². The van der Waals surface area contributed by atoms with Gasteiger partial charge >= 0.3 is 0 Å². The predicted molar refractivity (Wildman–Crippen MR) is 79.0 cm³/mol. The van der Waals surface area contributed by atoms with Crippen LogP contribution in [0, 0.1) is 0 Å². The van der Waals surface area contributed by atoms with Gasteiger partial charge in [-0.05, 0) is 31.2 Å². The van der Waals surface area contributed by atoms with E-state index in [0.717, 1.165) is 16.6 Å². The third-order valence-electron chi connectivity index (χ3n) is 2.76. The number of nitrogens with two attached hydrogens (primary N) is 1. The van der Waals surface area contributed by atoms with Crippen molar-refractivity contribution >= 4 is 32.1 Å². The fourth-order valence-corrected chi connectivity index (χ4v) is 3.07. The SMILES string of the molecule is CC(CS(C)(=O)=O)Nc1ccc(N)c2ncccc12. The van der Waals surface area contributed by atoms with Gasteiger partial charge in [0.15, 0.2) is 0 Å². The lowest BCUT2D eigenvalue weighted by atomic mass is 10.1. The number of hydrogen-bond acceptors (Lipinski definition) is 5. The first-order valence-corrected chi connectivity index (χ1v) is 8.00. The Balaban J connectivity index is 2.34. The van der Waals surface area contributed by atoms with E-state index in [4.69, 9.17) is 5.73 Å². The van der Waals surface area contributed by atoms with Crippen molar-refractivity contribution in [1.82, 2.24) is 4.98 Å². The average Bonchev–Trinajstić information content (AvgIpc) is 2.31. The van der Waals surface area contributed by atoms with Gasteiger partial charge in [0.25, 0.3) is 0 Å². The third-order valence-corrected chi connectivity index (χ3v) is 3.86. The molecule has 19 heavy (non-hydrogen) atoms. The van der Waals surface area contributed by atoms with E-state index in [1.807, 2.05) is 25.1 Å². The molecule has 1 unspecified atom stereocenters. The molecule has 0 aliphatic heterocycles. The van der Waals surface area contributed by atoms with Gasteiger partial charge in [-0.2, -0.15) is 0 Å². The first-order chi connectivity index (χ1) is 8.87. The quantitative estimate of drug-likeness (QED) is 0.831. The van der Waals surface area contributed by atoms with Crippen molar-refractivity contribution in [3.63, 3.8) is 0 Å². The van der Waals surface area contributed by atoms with Gasteiger partial charge in [-0.25, -0.2) is 8.42 Å². The Hall–Kier alpha value is -1.82. The molecule has 2 aromatic rings. The second-order valence-electron chi connectivity index (χ2n) is 4.74. The summed E-state index contributed by atoms with van der Waals surface area (Å²) in [6.45, 7) is 1.83. The Morgan fingerprint density at radius 3 is 2.79 bits per heavy atom. The Kier molecular flexibility index (Phi) is 3.61. The monoisotopic (exact) mass is 279 g/mol. The molecule has 102 valence electrons. The number of benzene rings is 1. The molecule has 0 saturated carbocycles. The standard InChI is InChI=1S/C13H17N3O2S/c1-9(8-19(2,17)18)16-12-6-5-11(14)13-10(12)4-3-7-15-13/h3-7,9,16H,8,14H2,1-2H3. The third kappa shape index (κ3) is 3.35. The topological polar surface area (TPSA) is 85.1 Å². The molecule has 1 aromatic carbocycles. The lowest BCUT2D eigenvalue weighted by Crippen LogP contribution is -2.25. The summed E-state index contributed by atoms with van der Waals surface area (Å²) in [7, 11) is -3.01. The van der Waals surface area contributed by atoms with E-state index < -0.39 is 9.84 Å². The van der Waals surface area contributed by atoms with Gasteiger partial charge < -0.3 is 11.1 Å². The highest BCUT2D eigenvalue weighted by Gasteiger charge is 2.12. The molecule has 6 heteroatoms. The van der Waals surface area contributed by atoms with E-state index in [2.05, 4.69) is 10.3 Å². The maximum Gasteiger partial charge on any atom is 0.149 e. The largest absolute Gasteiger partial charge is 0.397 e. The number of aromatic nitrogens is 1. The molecule has 0 aliphatic rings. The number of nitrogen functional groups attached to an aromatic ring is 1. The Labute approximate surface area is 112 Å². The fraction of sp³-hybridized carbons (Fsp3) is 0.308. The Morgan fingerprint density at radius 1 is 1.37 bits per heavy atom. The van der Waals surface area contributed by atoms with Crippen molar-refractivity contribution in [3.8, 4) is 0 Å². The minimum Gasteiger partial charge on any atom is -0.397 e. The maximum absolute atomic E-state index is 11.3. The molecular weight excluding hydrogens is 262 g/mol. The molecule has 0 amide bonds. The number of sulfone groups is 1. The minimum atomic E-state index is -3.01. The average molecular weight is 279 g/mol. The number of fused-ring (bicyclic) bond motifs is 1. The molecule has 1 heterocycles. The van der Waals surface area contributed by atoms with E-state index in [1.54, 1.807) is 12.3 Å². The van der Waals surface area contributed by atoms with Crippen LogP contribution in [-0.2, 0) is 9.84 Å². The van der Waals surface area contributed by atoms with Crippen LogP contribution in [0.2, 0.25) is 0 Å². The first kappa shape index (κ1) is 13.6. The molecule has 2 rings (SSSR count). The lowest BCUT2D eigenvalue weighted by Gasteiger charge is -2.16. The molecule has 3 N–H and O–H groups in total. The molecule has 0 fully saturated rings. The van der Waals surface area contributed by atoms with Crippen molar-refractivity contribution in [2.24, 2.45) is 0 Å². The Morgan fingerprint density at radius 2 is 2.11 bits per heavy atom. The molecule has 1 aromatic heterocycles. The van der Waals surface area contributed by atoms with Crippen molar-refractivity contribution in [1.29, 1.82) is 0 Å². The summed E-state index contributed by atoms with van der Waals surface area (Å²) in [5.41, 5.74) is 8.04. The van der Waals surface area contributed by atoms with Gasteiger partial charge in [-0.1, -0.05) is 0 Å². The fourth-order valence-electron chi connectivity index (χ4n) is 2.08. The van der Waals surface area contributed by atoms with Crippen LogP contribution in [0.4, 0.5) is 11.4 Å². The van der Waals surface area contributed by atoms with Crippen molar-refractivity contribution < 1.29 is 8.42 Å². The summed E-state index contributed by atoms with van der Waals surface area (Å²) in [6.07, 6.45) is 2.91. The van der Waals surface area contributed by atoms with E-state index in [9.17, 15) is 8.42 Å². The number of pyridine rings is 1. The van der Waals surface area contributed by atoms with Crippen LogP contribution in [0.3, 0.4) is 0 Å². The summed E-state index contributed by atoms with van der Waals surface area (Å²) in [6, 6.07) is 7.17. The number of rotatable bonds is 4. The summed E-state index contributed by atoms with van der Waals surface area (Å²) in [5, 5.41) is 4.09. The van der Waals surface area contributed by atoms with E-state index in [0.29, 0.717) is 5.69 Å². The number of nitrogens with one attached hydrogen (secondary N) is 1. The van der Waals surface area contributed by atoms with Crippen LogP contribution in [0.15, 0.2) is 30.5 Å². The maximum atomic E-state index is 11.3. The highest BCUT2D eigenvalue weighted by Crippen LogP contribution is 2.26. The molecule has 0 aliphatic carbocycles. The zero-order valence-electron chi connectivity index (χ0n) is 10.9. The van der Waals surface area contributed by atoms with Crippen LogP contribution < -0.4 is 11.1 Å².